The first kappa shape index (κ1) is 16.6. The number of hydrogen-bond acceptors (Lipinski definition) is 4. The lowest BCUT2D eigenvalue weighted by atomic mass is 10.1. The molecule has 7 heteroatoms. The van der Waals surface area contributed by atoms with Gasteiger partial charge in [0.2, 0.25) is 4.77 Å². The molecular formula is C17H15BrN4OS. The summed E-state index contributed by atoms with van der Waals surface area (Å²) in [7, 11) is 0. The molecular weight excluding hydrogens is 388 g/mol. The number of nitrogens with one attached hydrogen (secondary N) is 1. The molecule has 0 unspecified atom stereocenters. The number of aryl methyl sites for hydroxylation is 2. The topological polar surface area (TPSA) is 66.2 Å². The quantitative estimate of drug-likeness (QED) is 0.497. The Bertz CT molecular complexity index is 967. The average Bonchev–Trinajstić information content (AvgIpc) is 2.91. The summed E-state index contributed by atoms with van der Waals surface area (Å²) in [5, 5.41) is 21.3. The molecule has 0 bridgehead atoms. The standard InChI is InChI=1S/C17H15BrN4OS/c1-10-6-12(7-11(2)15(10)23)9-19-22-16(20-21-17(22)24)13-4-3-5-14(18)8-13/h3-9,23H,1-2H3,(H,21,24)/b19-9+. The van der Waals surface area contributed by atoms with E-state index in [2.05, 4.69) is 31.2 Å². The van der Waals surface area contributed by atoms with Crippen LogP contribution in [0.2, 0.25) is 0 Å². The van der Waals surface area contributed by atoms with Gasteiger partial charge in [-0.05, 0) is 67.0 Å². The Labute approximate surface area is 152 Å². The average molecular weight is 403 g/mol. The second-order valence-corrected chi connectivity index (χ2v) is 6.72. The minimum Gasteiger partial charge on any atom is -0.507 e. The van der Waals surface area contributed by atoms with E-state index in [0.717, 1.165) is 26.7 Å². The summed E-state index contributed by atoms with van der Waals surface area (Å²) in [4.78, 5) is 0. The van der Waals surface area contributed by atoms with Gasteiger partial charge in [0, 0.05) is 10.0 Å². The van der Waals surface area contributed by atoms with Crippen LogP contribution in [0.3, 0.4) is 0 Å². The monoisotopic (exact) mass is 402 g/mol. The third-order valence-corrected chi connectivity index (χ3v) is 4.33. The van der Waals surface area contributed by atoms with E-state index < -0.39 is 0 Å². The fourth-order valence-corrected chi connectivity index (χ4v) is 2.98. The lowest BCUT2D eigenvalue weighted by Gasteiger charge is -2.05. The zero-order valence-electron chi connectivity index (χ0n) is 13.1. The predicted molar refractivity (Wildman–Crippen MR) is 101 cm³/mol. The number of benzene rings is 2. The summed E-state index contributed by atoms with van der Waals surface area (Å²) in [5.41, 5.74) is 3.39. The first-order chi connectivity index (χ1) is 11.5. The van der Waals surface area contributed by atoms with Crippen LogP contribution in [0, 0.1) is 18.6 Å². The number of H-pyrrole nitrogens is 1. The van der Waals surface area contributed by atoms with Crippen LogP contribution >= 0.6 is 28.1 Å². The largest absolute Gasteiger partial charge is 0.507 e. The number of aromatic hydroxyl groups is 1. The Hall–Kier alpha value is -2.25. The fourth-order valence-electron chi connectivity index (χ4n) is 2.40. The van der Waals surface area contributed by atoms with Crippen LogP contribution in [0.5, 0.6) is 5.75 Å². The maximum Gasteiger partial charge on any atom is 0.216 e. The lowest BCUT2D eigenvalue weighted by Crippen LogP contribution is -1.96. The number of hydrogen-bond donors (Lipinski definition) is 2. The lowest BCUT2D eigenvalue weighted by molar-refractivity contribution is 0.467. The summed E-state index contributed by atoms with van der Waals surface area (Å²) in [6.07, 6.45) is 1.70. The zero-order valence-corrected chi connectivity index (χ0v) is 15.5. The van der Waals surface area contributed by atoms with Crippen molar-refractivity contribution in [3.63, 3.8) is 0 Å². The van der Waals surface area contributed by atoms with Crippen LogP contribution in [0.4, 0.5) is 0 Å². The second-order valence-electron chi connectivity index (χ2n) is 5.42. The summed E-state index contributed by atoms with van der Waals surface area (Å²) in [6.45, 7) is 3.71. The molecule has 0 saturated carbocycles. The molecule has 0 amide bonds. The highest BCUT2D eigenvalue weighted by molar-refractivity contribution is 9.10. The fraction of sp³-hybridized carbons (Fsp3) is 0.118. The van der Waals surface area contributed by atoms with Crippen LogP contribution < -0.4 is 0 Å². The van der Waals surface area contributed by atoms with E-state index in [4.69, 9.17) is 12.2 Å². The van der Waals surface area contributed by atoms with Gasteiger partial charge in [0.15, 0.2) is 5.82 Å². The minimum atomic E-state index is 0.307. The molecule has 24 heavy (non-hydrogen) atoms. The molecule has 2 aromatic carbocycles. The molecule has 0 aliphatic carbocycles. The van der Waals surface area contributed by atoms with E-state index in [1.807, 2.05) is 50.2 Å². The Kier molecular flexibility index (Phi) is 4.64. The molecule has 1 heterocycles. The van der Waals surface area contributed by atoms with Crippen LogP contribution in [-0.2, 0) is 0 Å². The molecule has 2 N–H and O–H groups in total. The number of phenolic OH excluding ortho intramolecular Hbond substituents is 1. The molecule has 0 radical (unpaired) electrons. The highest BCUT2D eigenvalue weighted by atomic mass is 79.9. The van der Waals surface area contributed by atoms with Gasteiger partial charge in [-0.15, -0.1) is 0 Å². The van der Waals surface area contributed by atoms with Crippen molar-refractivity contribution in [2.45, 2.75) is 13.8 Å². The molecule has 1 aromatic heterocycles. The number of phenols is 1. The van der Waals surface area contributed by atoms with Crippen molar-refractivity contribution >= 4 is 34.4 Å². The zero-order chi connectivity index (χ0) is 17.3. The normalized spacial score (nSPS) is 11.3. The molecule has 0 atom stereocenters. The Morgan fingerprint density at radius 1 is 1.25 bits per heavy atom. The van der Waals surface area contributed by atoms with Crippen molar-refractivity contribution in [3.8, 4) is 17.1 Å². The minimum absolute atomic E-state index is 0.307. The van der Waals surface area contributed by atoms with Crippen LogP contribution in [0.25, 0.3) is 11.4 Å². The number of aromatic amines is 1. The van der Waals surface area contributed by atoms with Gasteiger partial charge in [0.25, 0.3) is 0 Å². The highest BCUT2D eigenvalue weighted by Crippen LogP contribution is 2.23. The number of halogens is 1. The second kappa shape index (κ2) is 6.70. The van der Waals surface area contributed by atoms with Crippen molar-refractivity contribution in [1.82, 2.24) is 14.9 Å². The SMILES string of the molecule is Cc1cc(/C=N/n2c(-c3cccc(Br)c3)n[nH]c2=S)cc(C)c1O. The number of rotatable bonds is 3. The van der Waals surface area contributed by atoms with Crippen LogP contribution in [0.1, 0.15) is 16.7 Å². The summed E-state index contributed by atoms with van der Waals surface area (Å²) >= 11 is 8.73. The first-order valence-corrected chi connectivity index (χ1v) is 8.44. The molecule has 0 aliphatic heterocycles. The van der Waals surface area contributed by atoms with E-state index in [1.165, 1.54) is 0 Å². The first-order valence-electron chi connectivity index (χ1n) is 7.23. The highest BCUT2D eigenvalue weighted by Gasteiger charge is 2.08. The molecule has 3 aromatic rings. The van der Waals surface area contributed by atoms with Gasteiger partial charge in [-0.25, -0.2) is 5.10 Å². The van der Waals surface area contributed by atoms with Crippen LogP contribution in [0.15, 0.2) is 46.0 Å². The molecule has 0 spiro atoms. The van der Waals surface area contributed by atoms with E-state index in [1.54, 1.807) is 10.9 Å². The van der Waals surface area contributed by atoms with Crippen molar-refractivity contribution in [1.29, 1.82) is 0 Å². The van der Waals surface area contributed by atoms with Crippen molar-refractivity contribution in [2.75, 3.05) is 0 Å². The molecule has 0 fully saturated rings. The summed E-state index contributed by atoms with van der Waals surface area (Å²) in [6, 6.07) is 11.5. The van der Waals surface area contributed by atoms with Gasteiger partial charge >= 0.3 is 0 Å². The van der Waals surface area contributed by atoms with Gasteiger partial charge in [-0.2, -0.15) is 14.9 Å². The molecule has 0 aliphatic rings. The third-order valence-electron chi connectivity index (χ3n) is 3.57. The van der Waals surface area contributed by atoms with Gasteiger partial charge in [0.1, 0.15) is 5.75 Å². The van der Waals surface area contributed by atoms with Crippen molar-refractivity contribution < 1.29 is 5.11 Å². The maximum absolute atomic E-state index is 9.86. The maximum atomic E-state index is 9.86. The van der Waals surface area contributed by atoms with E-state index in [-0.39, 0.29) is 0 Å². The molecule has 122 valence electrons. The van der Waals surface area contributed by atoms with E-state index >= 15 is 0 Å². The predicted octanol–water partition coefficient (Wildman–Crippen LogP) is 4.57. The van der Waals surface area contributed by atoms with Gasteiger partial charge in [-0.3, -0.25) is 0 Å². The van der Waals surface area contributed by atoms with E-state index in [9.17, 15) is 5.11 Å². The Balaban J connectivity index is 2.02. The summed E-state index contributed by atoms with van der Waals surface area (Å²) < 4.78 is 2.94. The van der Waals surface area contributed by atoms with E-state index in [0.29, 0.717) is 16.3 Å². The van der Waals surface area contributed by atoms with Crippen molar-refractivity contribution in [3.05, 3.63) is 62.3 Å². The van der Waals surface area contributed by atoms with Crippen molar-refractivity contribution in [2.24, 2.45) is 5.10 Å². The molecule has 5 nitrogen and oxygen atoms in total. The smallest absolute Gasteiger partial charge is 0.216 e. The number of aromatic nitrogens is 3. The van der Waals surface area contributed by atoms with Crippen LogP contribution in [-0.4, -0.2) is 26.2 Å². The van der Waals surface area contributed by atoms with Gasteiger partial charge in [-0.1, -0.05) is 28.1 Å². The van der Waals surface area contributed by atoms with Gasteiger partial charge in [0.05, 0.1) is 6.21 Å². The van der Waals surface area contributed by atoms with Gasteiger partial charge < -0.3 is 5.11 Å². The number of nitrogens with zero attached hydrogens (tertiary/aromatic N) is 3. The molecule has 0 saturated heterocycles. The molecule has 3 rings (SSSR count). The summed E-state index contributed by atoms with van der Waals surface area (Å²) in [5.74, 6) is 0.937. The third kappa shape index (κ3) is 3.32. The Morgan fingerprint density at radius 3 is 2.62 bits per heavy atom. The Morgan fingerprint density at radius 2 is 1.96 bits per heavy atom.